The molecule has 0 bridgehead atoms. The average molecular weight is 469 g/mol. The number of hydrogen-bond donors (Lipinski definition) is 1. The molecule has 1 saturated heterocycles. The van der Waals surface area contributed by atoms with E-state index in [2.05, 4.69) is 26.9 Å². The highest BCUT2D eigenvalue weighted by Crippen LogP contribution is 2.23. The molecule has 180 valence electrons. The molecule has 3 aromatic carbocycles. The first-order chi connectivity index (χ1) is 17.1. The first kappa shape index (κ1) is 23.1. The molecule has 1 aliphatic heterocycles. The minimum atomic E-state index is -0.0467. The normalized spacial score (nSPS) is 14.8. The molecule has 1 aliphatic rings. The van der Waals surface area contributed by atoms with Crippen LogP contribution in [0.15, 0.2) is 79.0 Å². The minimum Gasteiger partial charge on any atom is -0.457 e. The summed E-state index contributed by atoms with van der Waals surface area (Å²) in [5.74, 6) is 2.33. The lowest BCUT2D eigenvalue weighted by Crippen LogP contribution is -2.35. The third-order valence-corrected chi connectivity index (χ3v) is 6.70. The van der Waals surface area contributed by atoms with Crippen molar-refractivity contribution in [2.75, 3.05) is 25.0 Å². The summed E-state index contributed by atoms with van der Waals surface area (Å²) >= 11 is 0. The second-order valence-electron chi connectivity index (χ2n) is 9.45. The van der Waals surface area contributed by atoms with Crippen LogP contribution in [0.25, 0.3) is 10.9 Å². The Kier molecular flexibility index (Phi) is 7.09. The number of ether oxygens (including phenoxy) is 1. The molecule has 0 atom stereocenters. The molecule has 6 heteroatoms. The van der Waals surface area contributed by atoms with Crippen molar-refractivity contribution in [3.63, 3.8) is 0 Å². The Morgan fingerprint density at radius 2 is 1.71 bits per heavy atom. The summed E-state index contributed by atoms with van der Waals surface area (Å²) in [6.45, 7) is 6.53. The highest BCUT2D eigenvalue weighted by Gasteiger charge is 2.16. The van der Waals surface area contributed by atoms with Gasteiger partial charge in [-0.05, 0) is 79.9 Å². The van der Waals surface area contributed by atoms with Crippen molar-refractivity contribution < 1.29 is 9.53 Å². The molecule has 35 heavy (non-hydrogen) atoms. The lowest BCUT2D eigenvalue weighted by atomic mass is 9.99. The predicted molar refractivity (Wildman–Crippen MR) is 140 cm³/mol. The first-order valence-electron chi connectivity index (χ1n) is 12.4. The number of benzene rings is 3. The fourth-order valence-electron chi connectivity index (χ4n) is 4.54. The average Bonchev–Trinajstić information content (AvgIpc) is 3.28. The van der Waals surface area contributed by atoms with Crippen LogP contribution in [-0.4, -0.2) is 40.2 Å². The topological polar surface area (TPSA) is 59.4 Å². The van der Waals surface area contributed by atoms with E-state index in [1.165, 1.54) is 25.9 Å². The second-order valence-corrected chi connectivity index (χ2v) is 9.45. The zero-order chi connectivity index (χ0) is 24.0. The summed E-state index contributed by atoms with van der Waals surface area (Å²) in [7, 11) is 0. The second kappa shape index (κ2) is 10.7. The van der Waals surface area contributed by atoms with E-state index in [0.717, 1.165) is 52.7 Å². The van der Waals surface area contributed by atoms with Crippen LogP contribution in [-0.2, 0) is 17.8 Å². The molecule has 5 rings (SSSR count). The number of anilines is 1. The van der Waals surface area contributed by atoms with E-state index >= 15 is 0 Å². The van der Waals surface area contributed by atoms with Gasteiger partial charge in [-0.1, -0.05) is 37.3 Å². The zero-order valence-electron chi connectivity index (χ0n) is 20.2. The summed E-state index contributed by atoms with van der Waals surface area (Å²) in [4.78, 5) is 15.2. The Labute approximate surface area is 206 Å². The van der Waals surface area contributed by atoms with Crippen LogP contribution in [0.1, 0.15) is 25.3 Å². The quantitative estimate of drug-likeness (QED) is 0.358. The van der Waals surface area contributed by atoms with Gasteiger partial charge in [0.15, 0.2) is 0 Å². The fourth-order valence-corrected chi connectivity index (χ4v) is 4.54. The summed E-state index contributed by atoms with van der Waals surface area (Å²) in [5, 5.41) is 8.72. The number of para-hydroxylation sites is 1. The first-order valence-corrected chi connectivity index (χ1v) is 12.4. The van der Waals surface area contributed by atoms with E-state index in [0.29, 0.717) is 6.42 Å². The van der Waals surface area contributed by atoms with Crippen LogP contribution in [0.4, 0.5) is 5.69 Å². The van der Waals surface area contributed by atoms with Crippen LogP contribution in [0.5, 0.6) is 11.5 Å². The van der Waals surface area contributed by atoms with Crippen LogP contribution in [0, 0.1) is 5.92 Å². The number of piperidine rings is 1. The number of hydrogen-bond acceptors (Lipinski definition) is 4. The number of amides is 1. The highest BCUT2D eigenvalue weighted by atomic mass is 16.5. The molecule has 1 amide bonds. The summed E-state index contributed by atoms with van der Waals surface area (Å²) < 4.78 is 7.88. The molecule has 0 aliphatic carbocycles. The standard InChI is InChI=1S/C29H32N4O2/c1-22-13-15-32(16-14-22)17-18-33-28-20-25(10-9-24(28)21-30-33)31-29(34)19-23-7-11-27(12-8-23)35-26-5-3-2-4-6-26/h2-12,20-22H,13-19H2,1H3,(H,31,34). The van der Waals surface area contributed by atoms with Gasteiger partial charge in [-0.15, -0.1) is 0 Å². The third-order valence-electron chi connectivity index (χ3n) is 6.70. The monoisotopic (exact) mass is 468 g/mol. The number of carbonyl (C=O) groups excluding carboxylic acids is 1. The van der Waals surface area contributed by atoms with E-state index in [9.17, 15) is 4.79 Å². The van der Waals surface area contributed by atoms with Gasteiger partial charge in [0.05, 0.1) is 24.7 Å². The maximum atomic E-state index is 12.7. The lowest BCUT2D eigenvalue weighted by Gasteiger charge is -2.30. The summed E-state index contributed by atoms with van der Waals surface area (Å²) in [6.07, 6.45) is 4.76. The number of fused-ring (bicyclic) bond motifs is 1. The van der Waals surface area contributed by atoms with Gasteiger partial charge in [-0.3, -0.25) is 9.48 Å². The van der Waals surface area contributed by atoms with E-state index in [-0.39, 0.29) is 5.91 Å². The Balaban J connectivity index is 1.17. The van der Waals surface area contributed by atoms with Gasteiger partial charge < -0.3 is 15.0 Å². The lowest BCUT2D eigenvalue weighted by molar-refractivity contribution is -0.115. The van der Waals surface area contributed by atoms with E-state index < -0.39 is 0 Å². The fraction of sp³-hybridized carbons (Fsp3) is 0.310. The number of likely N-dealkylation sites (tertiary alicyclic amines) is 1. The van der Waals surface area contributed by atoms with Gasteiger partial charge >= 0.3 is 0 Å². The van der Waals surface area contributed by atoms with Crippen molar-refractivity contribution in [2.24, 2.45) is 5.92 Å². The molecule has 2 heterocycles. The van der Waals surface area contributed by atoms with Crippen molar-refractivity contribution >= 4 is 22.5 Å². The van der Waals surface area contributed by atoms with Gasteiger partial charge in [0, 0.05) is 17.6 Å². The molecule has 0 unspecified atom stereocenters. The third kappa shape index (κ3) is 6.08. The van der Waals surface area contributed by atoms with Gasteiger partial charge in [0.2, 0.25) is 5.91 Å². The van der Waals surface area contributed by atoms with Crippen molar-refractivity contribution in [3.05, 3.63) is 84.6 Å². The van der Waals surface area contributed by atoms with Crippen molar-refractivity contribution in [1.29, 1.82) is 0 Å². The van der Waals surface area contributed by atoms with E-state index in [1.54, 1.807) is 0 Å². The Bertz CT molecular complexity index is 1260. The molecular weight excluding hydrogens is 436 g/mol. The molecule has 0 spiro atoms. The number of nitrogens with zero attached hydrogens (tertiary/aromatic N) is 3. The molecular formula is C29H32N4O2. The Morgan fingerprint density at radius 3 is 2.49 bits per heavy atom. The van der Waals surface area contributed by atoms with Crippen LogP contribution < -0.4 is 10.1 Å². The van der Waals surface area contributed by atoms with Crippen LogP contribution in [0.3, 0.4) is 0 Å². The van der Waals surface area contributed by atoms with E-state index in [1.807, 2.05) is 79.0 Å². The van der Waals surface area contributed by atoms with Crippen molar-refractivity contribution in [3.8, 4) is 11.5 Å². The number of rotatable bonds is 8. The maximum absolute atomic E-state index is 12.7. The number of carbonyl (C=O) groups is 1. The molecule has 1 aromatic heterocycles. The molecule has 0 radical (unpaired) electrons. The molecule has 6 nitrogen and oxygen atoms in total. The Hall–Kier alpha value is -3.64. The highest BCUT2D eigenvalue weighted by molar-refractivity contribution is 5.94. The molecule has 1 fully saturated rings. The van der Waals surface area contributed by atoms with Crippen molar-refractivity contribution in [1.82, 2.24) is 14.7 Å². The minimum absolute atomic E-state index is 0.0467. The molecule has 1 N–H and O–H groups in total. The van der Waals surface area contributed by atoms with Crippen LogP contribution >= 0.6 is 0 Å². The Morgan fingerprint density at radius 1 is 0.971 bits per heavy atom. The smallest absolute Gasteiger partial charge is 0.228 e. The van der Waals surface area contributed by atoms with Gasteiger partial charge in [0.1, 0.15) is 11.5 Å². The van der Waals surface area contributed by atoms with Crippen molar-refractivity contribution in [2.45, 2.75) is 32.7 Å². The van der Waals surface area contributed by atoms with Gasteiger partial charge in [-0.25, -0.2) is 0 Å². The number of aromatic nitrogens is 2. The van der Waals surface area contributed by atoms with E-state index in [4.69, 9.17) is 4.74 Å². The summed E-state index contributed by atoms with van der Waals surface area (Å²) in [5.41, 5.74) is 2.78. The maximum Gasteiger partial charge on any atom is 0.228 e. The predicted octanol–water partition coefficient (Wildman–Crippen LogP) is 5.74. The molecule has 0 saturated carbocycles. The summed E-state index contributed by atoms with van der Waals surface area (Å²) in [6, 6.07) is 23.3. The largest absolute Gasteiger partial charge is 0.457 e. The SMILES string of the molecule is CC1CCN(CCn2ncc3ccc(NC(=O)Cc4ccc(Oc5ccccc5)cc4)cc32)CC1. The van der Waals surface area contributed by atoms with Gasteiger partial charge in [0.25, 0.3) is 0 Å². The number of nitrogens with one attached hydrogen (secondary N) is 1. The van der Waals surface area contributed by atoms with Gasteiger partial charge in [-0.2, -0.15) is 5.10 Å². The zero-order valence-corrected chi connectivity index (χ0v) is 20.2. The molecule has 4 aromatic rings. The van der Waals surface area contributed by atoms with Crippen LogP contribution in [0.2, 0.25) is 0 Å².